The Labute approximate surface area is 212 Å². The molecule has 2 aromatic carbocycles. The van der Waals surface area contributed by atoms with E-state index in [0.29, 0.717) is 21.3 Å². The Balaban J connectivity index is 1.89. The molecule has 0 radical (unpaired) electrons. The molecule has 170 valence electrons. The number of thioether (sulfide) groups is 1. The molecule has 0 saturated carbocycles. The monoisotopic (exact) mass is 567 g/mol. The third kappa shape index (κ3) is 6.09. The lowest BCUT2D eigenvalue weighted by molar-refractivity contribution is -0.150. The number of rotatable bonds is 6. The van der Waals surface area contributed by atoms with Crippen molar-refractivity contribution in [3.8, 4) is 6.07 Å². The number of amides is 2. The zero-order chi connectivity index (χ0) is 24.1. The topological polar surface area (TPSA) is 108 Å². The molecule has 0 aliphatic carbocycles. The van der Waals surface area contributed by atoms with Crippen molar-refractivity contribution >= 4 is 74.4 Å². The molecule has 33 heavy (non-hydrogen) atoms. The summed E-state index contributed by atoms with van der Waals surface area (Å²) in [4.78, 5) is 37.7. The first-order chi connectivity index (χ1) is 15.7. The summed E-state index contributed by atoms with van der Waals surface area (Å²) in [5.74, 6) is -4.00. The molecule has 2 atom stereocenters. The van der Waals surface area contributed by atoms with Gasteiger partial charge in [-0.2, -0.15) is 5.26 Å². The second-order valence-corrected chi connectivity index (χ2v) is 9.65. The van der Waals surface area contributed by atoms with Gasteiger partial charge in [-0.15, -0.1) is 0 Å². The highest BCUT2D eigenvalue weighted by Crippen LogP contribution is 2.40. The van der Waals surface area contributed by atoms with Gasteiger partial charge in [0.25, 0.3) is 0 Å². The maximum absolute atomic E-state index is 12.8. The predicted octanol–water partition coefficient (Wildman–Crippen LogP) is 4.87. The summed E-state index contributed by atoms with van der Waals surface area (Å²) in [5.41, 5.74) is 1.16. The van der Waals surface area contributed by atoms with Gasteiger partial charge in [0.2, 0.25) is 11.8 Å². The Morgan fingerprint density at radius 2 is 1.94 bits per heavy atom. The smallest absolute Gasteiger partial charge is 0.319 e. The van der Waals surface area contributed by atoms with Gasteiger partial charge in [0.1, 0.15) is 5.92 Å². The largest absolute Gasteiger partial charge is 0.468 e. The van der Waals surface area contributed by atoms with Gasteiger partial charge >= 0.3 is 5.97 Å². The van der Waals surface area contributed by atoms with Crippen LogP contribution in [0.1, 0.15) is 11.5 Å². The summed E-state index contributed by atoms with van der Waals surface area (Å²) < 4.78 is 5.54. The van der Waals surface area contributed by atoms with E-state index >= 15 is 0 Å². The van der Waals surface area contributed by atoms with Gasteiger partial charge in [0, 0.05) is 26.1 Å². The van der Waals surface area contributed by atoms with Gasteiger partial charge in [-0.1, -0.05) is 63.0 Å². The Morgan fingerprint density at radius 1 is 1.24 bits per heavy atom. The van der Waals surface area contributed by atoms with Gasteiger partial charge in [-0.3, -0.25) is 14.4 Å². The van der Waals surface area contributed by atoms with Crippen LogP contribution >= 0.6 is 50.9 Å². The number of benzene rings is 2. The maximum Gasteiger partial charge on any atom is 0.319 e. The number of allylic oxidation sites excluding steroid dienone is 1. The molecule has 1 aliphatic heterocycles. The van der Waals surface area contributed by atoms with Crippen molar-refractivity contribution in [2.24, 2.45) is 5.92 Å². The SMILES string of the molecule is COC(=O)[C@@H]1C(=O)NC(SCC(=O)Nc2cc(Cl)cc(Cl)c2)=C(C#N)[C@H]1c1cccc(Br)c1. The molecule has 0 aromatic heterocycles. The molecule has 3 rings (SSSR count). The molecule has 2 amide bonds. The van der Waals surface area contributed by atoms with Crippen LogP contribution in [0.4, 0.5) is 5.69 Å². The van der Waals surface area contributed by atoms with Crippen LogP contribution in [0.5, 0.6) is 0 Å². The van der Waals surface area contributed by atoms with Gasteiger partial charge < -0.3 is 15.4 Å². The van der Waals surface area contributed by atoms with Crippen molar-refractivity contribution < 1.29 is 19.1 Å². The van der Waals surface area contributed by atoms with Crippen LogP contribution in [0.25, 0.3) is 0 Å². The van der Waals surface area contributed by atoms with Crippen LogP contribution in [0, 0.1) is 17.2 Å². The number of carbonyl (C=O) groups is 3. The standard InChI is InChI=1S/C22H16BrCl2N3O4S/c1-32-22(31)19-18(11-3-2-4-12(23)5-11)16(9-26)21(28-20(19)30)33-10-17(29)27-15-7-13(24)6-14(25)8-15/h2-8,18-19H,10H2,1H3,(H,27,29)(H,28,30)/t18-,19+/m1/s1. The number of esters is 1. The normalized spacial score (nSPS) is 17.7. The first-order valence-corrected chi connectivity index (χ1v) is 11.9. The molecule has 7 nitrogen and oxygen atoms in total. The number of nitrogens with one attached hydrogen (secondary N) is 2. The summed E-state index contributed by atoms with van der Waals surface area (Å²) in [7, 11) is 1.18. The molecule has 11 heteroatoms. The van der Waals surface area contributed by atoms with E-state index in [1.165, 1.54) is 13.2 Å². The van der Waals surface area contributed by atoms with Crippen LogP contribution in [0.2, 0.25) is 10.0 Å². The van der Waals surface area contributed by atoms with Crippen LogP contribution in [0.15, 0.2) is 57.5 Å². The van der Waals surface area contributed by atoms with E-state index in [2.05, 4.69) is 32.6 Å². The summed E-state index contributed by atoms with van der Waals surface area (Å²) in [6.07, 6.45) is 0. The van der Waals surface area contributed by atoms with E-state index < -0.39 is 29.6 Å². The average Bonchev–Trinajstić information content (AvgIpc) is 2.75. The fourth-order valence-electron chi connectivity index (χ4n) is 3.34. The first kappa shape index (κ1) is 25.1. The van der Waals surface area contributed by atoms with Crippen LogP contribution in [-0.2, 0) is 19.1 Å². The lowest BCUT2D eigenvalue weighted by Crippen LogP contribution is -2.44. The highest BCUT2D eigenvalue weighted by molar-refractivity contribution is 9.10. The fraction of sp³-hybridized carbons (Fsp3) is 0.182. The molecule has 0 spiro atoms. The van der Waals surface area contributed by atoms with Crippen LogP contribution < -0.4 is 10.6 Å². The Hall–Kier alpha value is -2.51. The number of anilines is 1. The van der Waals surface area contributed by atoms with Crippen molar-refractivity contribution in [3.05, 3.63) is 73.1 Å². The third-order valence-electron chi connectivity index (χ3n) is 4.69. The number of halogens is 3. The summed E-state index contributed by atoms with van der Waals surface area (Å²) >= 11 is 16.3. The van der Waals surface area contributed by atoms with E-state index in [9.17, 15) is 19.6 Å². The number of ether oxygens (including phenoxy) is 1. The van der Waals surface area contributed by atoms with E-state index in [-0.39, 0.29) is 16.4 Å². The Bertz CT molecular complexity index is 1180. The molecule has 0 saturated heterocycles. The molecule has 0 fully saturated rings. The maximum atomic E-state index is 12.8. The van der Waals surface area contributed by atoms with E-state index in [0.717, 1.165) is 16.2 Å². The summed E-state index contributed by atoms with van der Waals surface area (Å²) in [6, 6.07) is 13.7. The minimum Gasteiger partial charge on any atom is -0.468 e. The fourth-order valence-corrected chi connectivity index (χ4v) is 5.13. The third-order valence-corrected chi connectivity index (χ3v) is 6.63. The molecule has 2 N–H and O–H groups in total. The number of hydrogen-bond donors (Lipinski definition) is 2. The summed E-state index contributed by atoms with van der Waals surface area (Å²) in [6.45, 7) is 0. The second-order valence-electron chi connectivity index (χ2n) is 6.87. The first-order valence-electron chi connectivity index (χ1n) is 9.40. The van der Waals surface area contributed by atoms with Crippen LogP contribution in [0.3, 0.4) is 0 Å². The molecule has 1 heterocycles. The number of methoxy groups -OCH3 is 1. The molecule has 1 aliphatic rings. The summed E-state index contributed by atoms with van der Waals surface area (Å²) in [5, 5.41) is 16.1. The van der Waals surface area contributed by atoms with E-state index in [1.807, 2.05) is 0 Å². The van der Waals surface area contributed by atoms with Gasteiger partial charge in [0.15, 0.2) is 0 Å². The zero-order valence-electron chi connectivity index (χ0n) is 17.0. The number of hydrogen-bond acceptors (Lipinski definition) is 6. The van der Waals surface area contributed by atoms with Crippen molar-refractivity contribution in [1.82, 2.24) is 5.32 Å². The Morgan fingerprint density at radius 3 is 2.55 bits per heavy atom. The van der Waals surface area contributed by atoms with Gasteiger partial charge in [0.05, 0.1) is 29.5 Å². The zero-order valence-corrected chi connectivity index (χ0v) is 20.9. The molecular formula is C22H16BrCl2N3O4S. The quantitative estimate of drug-likeness (QED) is 0.380. The number of nitriles is 1. The highest BCUT2D eigenvalue weighted by Gasteiger charge is 2.44. The van der Waals surface area contributed by atoms with Crippen LogP contribution in [-0.4, -0.2) is 30.6 Å². The number of nitrogens with zero attached hydrogens (tertiary/aromatic N) is 1. The number of carbonyl (C=O) groups excluding carboxylic acids is 3. The van der Waals surface area contributed by atoms with Gasteiger partial charge in [-0.25, -0.2) is 0 Å². The van der Waals surface area contributed by atoms with Crippen molar-refractivity contribution in [2.75, 3.05) is 18.2 Å². The van der Waals surface area contributed by atoms with E-state index in [4.69, 9.17) is 27.9 Å². The lowest BCUT2D eigenvalue weighted by Gasteiger charge is -2.31. The molecular weight excluding hydrogens is 553 g/mol. The molecule has 0 unspecified atom stereocenters. The Kier molecular flexibility index (Phi) is 8.43. The van der Waals surface area contributed by atoms with Crippen molar-refractivity contribution in [3.63, 3.8) is 0 Å². The van der Waals surface area contributed by atoms with Crippen molar-refractivity contribution in [1.29, 1.82) is 5.26 Å². The van der Waals surface area contributed by atoms with Crippen molar-refractivity contribution in [2.45, 2.75) is 5.92 Å². The van der Waals surface area contributed by atoms with E-state index in [1.54, 1.807) is 36.4 Å². The predicted molar refractivity (Wildman–Crippen MR) is 131 cm³/mol. The second kappa shape index (κ2) is 11.1. The minimum absolute atomic E-state index is 0.112. The minimum atomic E-state index is -1.24. The average molecular weight is 569 g/mol. The lowest BCUT2D eigenvalue weighted by atomic mass is 9.78. The highest BCUT2D eigenvalue weighted by atomic mass is 79.9. The van der Waals surface area contributed by atoms with Gasteiger partial charge in [-0.05, 0) is 35.9 Å². The molecule has 2 aromatic rings. The molecule has 0 bridgehead atoms.